The number of hydrogen-bond donors (Lipinski definition) is 2. The Balaban J connectivity index is 2.47. The van der Waals surface area contributed by atoms with Gasteiger partial charge in [0.1, 0.15) is 0 Å². The maximum atomic E-state index is 11.9. The molecule has 0 saturated carbocycles. The van der Waals surface area contributed by atoms with Crippen molar-refractivity contribution in [3.63, 3.8) is 0 Å². The number of likely N-dealkylation sites (tertiary alicyclic amines) is 1. The first-order chi connectivity index (χ1) is 7.56. The van der Waals surface area contributed by atoms with Crippen LogP contribution < -0.4 is 11.1 Å². The van der Waals surface area contributed by atoms with E-state index < -0.39 is 0 Å². The maximum Gasteiger partial charge on any atom is 0.242 e. The van der Waals surface area contributed by atoms with Gasteiger partial charge in [-0.15, -0.1) is 0 Å². The number of carbonyl (C=O) groups is 2. The first-order valence-electron chi connectivity index (χ1n) is 5.84. The third kappa shape index (κ3) is 3.20. The van der Waals surface area contributed by atoms with Crippen LogP contribution in [0.2, 0.25) is 0 Å². The molecule has 1 aliphatic heterocycles. The van der Waals surface area contributed by atoms with Crippen molar-refractivity contribution in [3.8, 4) is 0 Å². The van der Waals surface area contributed by atoms with Crippen molar-refractivity contribution in [1.29, 1.82) is 0 Å². The average molecular weight is 227 g/mol. The van der Waals surface area contributed by atoms with Crippen molar-refractivity contribution in [1.82, 2.24) is 10.2 Å². The van der Waals surface area contributed by atoms with Crippen molar-refractivity contribution >= 4 is 11.8 Å². The molecule has 0 radical (unpaired) electrons. The normalized spacial score (nSPS) is 25.3. The SMILES string of the molecule is CC1CCCC(C)N1C(=O)CNC(=O)CN. The van der Waals surface area contributed by atoms with E-state index in [1.807, 2.05) is 4.90 Å². The average Bonchev–Trinajstić information content (AvgIpc) is 2.25. The maximum absolute atomic E-state index is 11.9. The van der Waals surface area contributed by atoms with E-state index >= 15 is 0 Å². The van der Waals surface area contributed by atoms with E-state index in [1.54, 1.807) is 0 Å². The number of nitrogens with two attached hydrogens (primary N) is 1. The van der Waals surface area contributed by atoms with E-state index in [9.17, 15) is 9.59 Å². The summed E-state index contributed by atoms with van der Waals surface area (Å²) in [6.07, 6.45) is 3.25. The molecule has 1 rings (SSSR count). The lowest BCUT2D eigenvalue weighted by Gasteiger charge is -2.39. The van der Waals surface area contributed by atoms with Gasteiger partial charge in [-0.3, -0.25) is 9.59 Å². The van der Waals surface area contributed by atoms with Gasteiger partial charge in [0.25, 0.3) is 0 Å². The Morgan fingerprint density at radius 1 is 1.31 bits per heavy atom. The van der Waals surface area contributed by atoms with Gasteiger partial charge in [-0.1, -0.05) is 0 Å². The van der Waals surface area contributed by atoms with Crippen molar-refractivity contribution in [2.24, 2.45) is 5.73 Å². The summed E-state index contributed by atoms with van der Waals surface area (Å²) in [6.45, 7) is 4.10. The molecule has 16 heavy (non-hydrogen) atoms. The van der Waals surface area contributed by atoms with Gasteiger partial charge in [-0.25, -0.2) is 0 Å². The molecule has 0 bridgehead atoms. The first-order valence-corrected chi connectivity index (χ1v) is 5.84. The Morgan fingerprint density at radius 2 is 1.88 bits per heavy atom. The van der Waals surface area contributed by atoms with Crippen LogP contribution >= 0.6 is 0 Å². The summed E-state index contributed by atoms with van der Waals surface area (Å²) in [5.74, 6) is -0.299. The summed E-state index contributed by atoms with van der Waals surface area (Å²) in [5.41, 5.74) is 5.15. The number of nitrogens with one attached hydrogen (secondary N) is 1. The quantitative estimate of drug-likeness (QED) is 0.704. The van der Waals surface area contributed by atoms with Gasteiger partial charge >= 0.3 is 0 Å². The Bertz CT molecular complexity index is 258. The lowest BCUT2D eigenvalue weighted by molar-refractivity contribution is -0.137. The molecule has 0 aromatic heterocycles. The summed E-state index contributed by atoms with van der Waals surface area (Å²) in [5, 5.41) is 2.52. The zero-order chi connectivity index (χ0) is 12.1. The molecule has 0 spiro atoms. The summed E-state index contributed by atoms with van der Waals surface area (Å²) in [6, 6.07) is 0.539. The van der Waals surface area contributed by atoms with E-state index in [1.165, 1.54) is 6.42 Å². The van der Waals surface area contributed by atoms with Crippen LogP contribution in [0.1, 0.15) is 33.1 Å². The molecule has 5 heteroatoms. The fraction of sp³-hybridized carbons (Fsp3) is 0.818. The number of hydrogen-bond acceptors (Lipinski definition) is 3. The van der Waals surface area contributed by atoms with Gasteiger partial charge in [0, 0.05) is 12.1 Å². The molecule has 2 atom stereocenters. The van der Waals surface area contributed by atoms with E-state index in [2.05, 4.69) is 19.2 Å². The molecule has 2 unspecified atom stereocenters. The molecule has 1 saturated heterocycles. The van der Waals surface area contributed by atoms with Crippen LogP contribution in [0.3, 0.4) is 0 Å². The number of piperidine rings is 1. The number of nitrogens with zero attached hydrogens (tertiary/aromatic N) is 1. The molecule has 1 heterocycles. The van der Waals surface area contributed by atoms with Crippen LogP contribution in [0.4, 0.5) is 0 Å². The summed E-state index contributed by atoms with van der Waals surface area (Å²) >= 11 is 0. The minimum Gasteiger partial charge on any atom is -0.346 e. The summed E-state index contributed by atoms with van der Waals surface area (Å²) < 4.78 is 0. The molecular weight excluding hydrogens is 206 g/mol. The van der Waals surface area contributed by atoms with Crippen LogP contribution in [0, 0.1) is 0 Å². The van der Waals surface area contributed by atoms with Crippen molar-refractivity contribution in [2.75, 3.05) is 13.1 Å². The highest BCUT2D eigenvalue weighted by atomic mass is 16.2. The highest BCUT2D eigenvalue weighted by Gasteiger charge is 2.28. The Hall–Kier alpha value is -1.10. The molecular formula is C11H21N3O2. The molecule has 0 aromatic carbocycles. The van der Waals surface area contributed by atoms with Gasteiger partial charge in [0.2, 0.25) is 11.8 Å². The number of rotatable bonds is 3. The first kappa shape index (κ1) is 13.0. The molecule has 3 N–H and O–H groups in total. The Labute approximate surface area is 96.4 Å². The third-order valence-corrected chi connectivity index (χ3v) is 3.10. The summed E-state index contributed by atoms with van der Waals surface area (Å²) in [7, 11) is 0. The third-order valence-electron chi connectivity index (χ3n) is 3.10. The minimum absolute atomic E-state index is 0.0125. The fourth-order valence-corrected chi connectivity index (χ4v) is 2.25. The smallest absolute Gasteiger partial charge is 0.242 e. The highest BCUT2D eigenvalue weighted by Crippen LogP contribution is 2.22. The van der Waals surface area contributed by atoms with Gasteiger partial charge in [0.15, 0.2) is 0 Å². The van der Waals surface area contributed by atoms with Gasteiger partial charge in [-0.2, -0.15) is 0 Å². The van der Waals surface area contributed by atoms with E-state index in [4.69, 9.17) is 5.73 Å². The zero-order valence-electron chi connectivity index (χ0n) is 10.0. The monoisotopic (exact) mass is 227 g/mol. The van der Waals surface area contributed by atoms with E-state index in [-0.39, 0.29) is 37.0 Å². The second-order valence-corrected chi connectivity index (χ2v) is 4.41. The summed E-state index contributed by atoms with van der Waals surface area (Å²) in [4.78, 5) is 24.7. The molecule has 2 amide bonds. The molecule has 0 aliphatic carbocycles. The Morgan fingerprint density at radius 3 is 2.38 bits per heavy atom. The fourth-order valence-electron chi connectivity index (χ4n) is 2.25. The number of amides is 2. The second kappa shape index (κ2) is 5.84. The standard InChI is InChI=1S/C11H21N3O2/c1-8-4-3-5-9(2)14(8)11(16)7-13-10(15)6-12/h8-9H,3-7,12H2,1-2H3,(H,13,15). The predicted octanol–water partition coefficient (Wildman–Crippen LogP) is -0.149. The molecule has 92 valence electrons. The van der Waals surface area contributed by atoms with Crippen LogP contribution in [-0.4, -0.2) is 41.9 Å². The molecule has 0 aromatic rings. The van der Waals surface area contributed by atoms with Crippen LogP contribution in [-0.2, 0) is 9.59 Å². The lowest BCUT2D eigenvalue weighted by Crippen LogP contribution is -2.51. The topological polar surface area (TPSA) is 75.4 Å². The van der Waals surface area contributed by atoms with Crippen LogP contribution in [0.15, 0.2) is 0 Å². The largest absolute Gasteiger partial charge is 0.346 e. The van der Waals surface area contributed by atoms with Gasteiger partial charge in [-0.05, 0) is 33.1 Å². The second-order valence-electron chi connectivity index (χ2n) is 4.41. The van der Waals surface area contributed by atoms with Crippen molar-refractivity contribution < 1.29 is 9.59 Å². The Kier molecular flexibility index (Phi) is 4.73. The zero-order valence-corrected chi connectivity index (χ0v) is 10.0. The van der Waals surface area contributed by atoms with Crippen molar-refractivity contribution in [3.05, 3.63) is 0 Å². The molecule has 1 aliphatic rings. The van der Waals surface area contributed by atoms with Gasteiger partial charge in [0.05, 0.1) is 13.1 Å². The van der Waals surface area contributed by atoms with E-state index in [0.717, 1.165) is 12.8 Å². The predicted molar refractivity (Wildman–Crippen MR) is 61.7 cm³/mol. The number of carbonyl (C=O) groups excluding carboxylic acids is 2. The molecule has 1 fully saturated rings. The lowest BCUT2D eigenvalue weighted by atomic mass is 9.97. The van der Waals surface area contributed by atoms with Gasteiger partial charge < -0.3 is 16.0 Å². The molecule has 5 nitrogen and oxygen atoms in total. The van der Waals surface area contributed by atoms with Crippen LogP contribution in [0.25, 0.3) is 0 Å². The van der Waals surface area contributed by atoms with Crippen LogP contribution in [0.5, 0.6) is 0 Å². The van der Waals surface area contributed by atoms with Crippen molar-refractivity contribution in [2.45, 2.75) is 45.2 Å². The highest BCUT2D eigenvalue weighted by molar-refractivity contribution is 5.85. The minimum atomic E-state index is -0.286. The van der Waals surface area contributed by atoms with E-state index in [0.29, 0.717) is 0 Å².